The summed E-state index contributed by atoms with van der Waals surface area (Å²) in [6.45, 7) is 3.70. The molecule has 0 saturated carbocycles. The van der Waals surface area contributed by atoms with Crippen LogP contribution in [0.15, 0.2) is 60.7 Å². The van der Waals surface area contributed by atoms with E-state index in [4.69, 9.17) is 0 Å². The highest BCUT2D eigenvalue weighted by Crippen LogP contribution is 2.24. The van der Waals surface area contributed by atoms with Crippen LogP contribution in [0.1, 0.15) is 0 Å². The summed E-state index contributed by atoms with van der Waals surface area (Å²) in [5, 5.41) is 3.28. The van der Waals surface area contributed by atoms with E-state index in [1.165, 1.54) is 0 Å². The molecule has 0 unspecified atom stereocenters. The summed E-state index contributed by atoms with van der Waals surface area (Å²) >= 11 is 0. The number of amides is 1. The average Bonchev–Trinajstić information content (AvgIpc) is 2.62. The van der Waals surface area contributed by atoms with Gasteiger partial charge in [0.1, 0.15) is 6.54 Å². The van der Waals surface area contributed by atoms with E-state index in [2.05, 4.69) is 10.2 Å². The molecule has 1 N–H and O–H groups in total. The molecule has 2 aromatic carbocycles. The second kappa shape index (κ2) is 7.09. The van der Waals surface area contributed by atoms with Crippen molar-refractivity contribution in [1.82, 2.24) is 10.2 Å². The van der Waals surface area contributed by atoms with E-state index in [9.17, 15) is 4.79 Å². The van der Waals surface area contributed by atoms with Gasteiger partial charge in [-0.2, -0.15) is 0 Å². The van der Waals surface area contributed by atoms with E-state index >= 15 is 0 Å². The van der Waals surface area contributed by atoms with Crippen molar-refractivity contribution < 1.29 is 4.79 Å². The van der Waals surface area contributed by atoms with Gasteiger partial charge in [0.2, 0.25) is 5.91 Å². The van der Waals surface area contributed by atoms with Crippen LogP contribution in [0.3, 0.4) is 0 Å². The van der Waals surface area contributed by atoms with E-state index in [0.717, 1.165) is 37.6 Å². The Balaban J connectivity index is 1.81. The third-order valence-electron chi connectivity index (χ3n) is 3.90. The Morgan fingerprint density at radius 3 is 1.91 bits per heavy atom. The summed E-state index contributed by atoms with van der Waals surface area (Å²) in [5.74, 6) is 0.175. The van der Waals surface area contributed by atoms with Crippen molar-refractivity contribution in [3.8, 4) is 0 Å². The molecular weight excluding hydrogens is 274 g/mol. The molecule has 1 heterocycles. The van der Waals surface area contributed by atoms with Gasteiger partial charge < -0.3 is 15.1 Å². The van der Waals surface area contributed by atoms with E-state index < -0.39 is 0 Å². The molecule has 1 saturated heterocycles. The molecule has 1 aliphatic rings. The largest absolute Gasteiger partial charge is 0.339 e. The van der Waals surface area contributed by atoms with Crippen LogP contribution in [0.4, 0.5) is 11.4 Å². The number of para-hydroxylation sites is 2. The second-order valence-electron chi connectivity index (χ2n) is 5.39. The van der Waals surface area contributed by atoms with Gasteiger partial charge in [0.25, 0.3) is 0 Å². The fourth-order valence-corrected chi connectivity index (χ4v) is 2.70. The molecule has 0 spiro atoms. The van der Waals surface area contributed by atoms with Gasteiger partial charge in [0.15, 0.2) is 0 Å². The lowest BCUT2D eigenvalue weighted by atomic mass is 10.2. The normalized spacial score (nSPS) is 14.6. The lowest BCUT2D eigenvalue weighted by Gasteiger charge is -2.31. The molecule has 1 aliphatic heterocycles. The number of nitrogens with zero attached hydrogens (tertiary/aromatic N) is 2. The van der Waals surface area contributed by atoms with Crippen molar-refractivity contribution in [2.75, 3.05) is 37.6 Å². The molecule has 4 heteroatoms. The first kappa shape index (κ1) is 14.6. The van der Waals surface area contributed by atoms with Crippen LogP contribution in [-0.4, -0.2) is 43.5 Å². The van der Waals surface area contributed by atoms with Gasteiger partial charge >= 0.3 is 0 Å². The predicted octanol–water partition coefficient (Wildman–Crippen LogP) is 2.26. The van der Waals surface area contributed by atoms with E-state index in [1.807, 2.05) is 65.6 Å². The van der Waals surface area contributed by atoms with Gasteiger partial charge in [-0.15, -0.1) is 0 Å². The zero-order valence-electron chi connectivity index (χ0n) is 12.6. The number of benzene rings is 2. The van der Waals surface area contributed by atoms with Crippen LogP contribution in [0, 0.1) is 0 Å². The number of rotatable bonds is 4. The number of anilines is 2. The second-order valence-corrected chi connectivity index (χ2v) is 5.39. The summed E-state index contributed by atoms with van der Waals surface area (Å²) in [6, 6.07) is 20.1. The van der Waals surface area contributed by atoms with Gasteiger partial charge in [0, 0.05) is 37.6 Å². The summed E-state index contributed by atoms with van der Waals surface area (Å²) in [7, 11) is 0. The third-order valence-corrected chi connectivity index (χ3v) is 3.90. The zero-order chi connectivity index (χ0) is 15.2. The van der Waals surface area contributed by atoms with Crippen molar-refractivity contribution in [2.45, 2.75) is 0 Å². The van der Waals surface area contributed by atoms with E-state index in [0.29, 0.717) is 6.54 Å². The molecule has 1 fully saturated rings. The first-order chi connectivity index (χ1) is 10.8. The average molecular weight is 295 g/mol. The Morgan fingerprint density at radius 1 is 0.909 bits per heavy atom. The molecule has 1 amide bonds. The molecular formula is C18H21N3O. The summed E-state index contributed by atoms with van der Waals surface area (Å²) in [5.41, 5.74) is 2.08. The topological polar surface area (TPSA) is 35.6 Å². The maximum Gasteiger partial charge on any atom is 0.242 e. The fourth-order valence-electron chi connectivity index (χ4n) is 2.70. The van der Waals surface area contributed by atoms with Gasteiger partial charge in [-0.3, -0.25) is 4.79 Å². The summed E-state index contributed by atoms with van der Waals surface area (Å²) in [4.78, 5) is 16.6. The summed E-state index contributed by atoms with van der Waals surface area (Å²) in [6.07, 6.45) is 0. The van der Waals surface area contributed by atoms with Crippen molar-refractivity contribution >= 4 is 17.3 Å². The molecule has 0 bridgehead atoms. The Bertz CT molecular complexity index is 555. The lowest BCUT2D eigenvalue weighted by Crippen LogP contribution is -2.49. The minimum Gasteiger partial charge on any atom is -0.339 e. The van der Waals surface area contributed by atoms with Crippen molar-refractivity contribution in [2.24, 2.45) is 0 Å². The minimum atomic E-state index is 0.175. The Kier molecular flexibility index (Phi) is 4.71. The van der Waals surface area contributed by atoms with Crippen molar-refractivity contribution in [3.05, 3.63) is 60.7 Å². The standard InChI is InChI=1S/C18H21N3O/c22-18(20-13-11-19-12-14-20)15-21(16-7-3-1-4-8-16)17-9-5-2-6-10-17/h1-10,19H,11-15H2. The van der Waals surface area contributed by atoms with Gasteiger partial charge in [-0.1, -0.05) is 36.4 Å². The zero-order valence-corrected chi connectivity index (χ0v) is 12.6. The van der Waals surface area contributed by atoms with Gasteiger partial charge in [0.05, 0.1) is 0 Å². The maximum absolute atomic E-state index is 12.6. The van der Waals surface area contributed by atoms with Gasteiger partial charge in [-0.05, 0) is 24.3 Å². The van der Waals surface area contributed by atoms with E-state index in [-0.39, 0.29) is 5.91 Å². The number of hydrogen-bond acceptors (Lipinski definition) is 3. The quantitative estimate of drug-likeness (QED) is 0.940. The van der Waals surface area contributed by atoms with Crippen molar-refractivity contribution in [1.29, 1.82) is 0 Å². The molecule has 4 nitrogen and oxygen atoms in total. The number of hydrogen-bond donors (Lipinski definition) is 1. The Hall–Kier alpha value is -2.33. The molecule has 2 aromatic rings. The van der Waals surface area contributed by atoms with E-state index in [1.54, 1.807) is 0 Å². The van der Waals surface area contributed by atoms with Crippen LogP contribution in [-0.2, 0) is 4.79 Å². The summed E-state index contributed by atoms with van der Waals surface area (Å²) < 4.78 is 0. The first-order valence-corrected chi connectivity index (χ1v) is 7.71. The fraction of sp³-hybridized carbons (Fsp3) is 0.278. The third kappa shape index (κ3) is 3.46. The maximum atomic E-state index is 12.6. The highest BCUT2D eigenvalue weighted by molar-refractivity contribution is 5.84. The SMILES string of the molecule is O=C(CN(c1ccccc1)c1ccccc1)N1CCNCC1. The molecule has 3 rings (SSSR count). The Morgan fingerprint density at radius 2 is 1.41 bits per heavy atom. The smallest absolute Gasteiger partial charge is 0.242 e. The highest BCUT2D eigenvalue weighted by Gasteiger charge is 2.20. The van der Waals surface area contributed by atoms with Crippen LogP contribution in [0.25, 0.3) is 0 Å². The van der Waals surface area contributed by atoms with Crippen LogP contribution >= 0.6 is 0 Å². The molecule has 114 valence electrons. The number of piperazine rings is 1. The van der Waals surface area contributed by atoms with Crippen molar-refractivity contribution in [3.63, 3.8) is 0 Å². The Labute approximate surface area is 131 Å². The molecule has 0 radical (unpaired) electrons. The first-order valence-electron chi connectivity index (χ1n) is 7.71. The number of carbonyl (C=O) groups excluding carboxylic acids is 1. The molecule has 0 aromatic heterocycles. The number of nitrogens with one attached hydrogen (secondary N) is 1. The monoisotopic (exact) mass is 295 g/mol. The van der Waals surface area contributed by atoms with Crippen LogP contribution in [0.5, 0.6) is 0 Å². The lowest BCUT2D eigenvalue weighted by molar-refractivity contribution is -0.130. The predicted molar refractivity (Wildman–Crippen MR) is 89.3 cm³/mol. The highest BCUT2D eigenvalue weighted by atomic mass is 16.2. The number of carbonyl (C=O) groups is 1. The van der Waals surface area contributed by atoms with Crippen LogP contribution < -0.4 is 10.2 Å². The molecule has 0 atom stereocenters. The minimum absolute atomic E-state index is 0.175. The van der Waals surface area contributed by atoms with Crippen LogP contribution in [0.2, 0.25) is 0 Å². The molecule has 22 heavy (non-hydrogen) atoms. The molecule has 0 aliphatic carbocycles. The van der Waals surface area contributed by atoms with Gasteiger partial charge in [-0.25, -0.2) is 0 Å².